The molecule has 0 aliphatic rings. The van der Waals surface area contributed by atoms with Crippen LogP contribution in [0.1, 0.15) is 23.8 Å². The Balaban J connectivity index is 2.14. The molecule has 1 aromatic carbocycles. The van der Waals surface area contributed by atoms with Crippen molar-refractivity contribution in [3.8, 4) is 5.75 Å². The average molecular weight is 273 g/mol. The Kier molecular flexibility index (Phi) is 4.30. The highest BCUT2D eigenvalue weighted by Crippen LogP contribution is 2.17. The average Bonchev–Trinajstić information content (AvgIpc) is 2.81. The molecule has 5 heteroatoms. The number of nitrogens with zero attached hydrogens (tertiary/aromatic N) is 1. The van der Waals surface area contributed by atoms with Gasteiger partial charge in [0, 0.05) is 18.4 Å². The van der Waals surface area contributed by atoms with E-state index < -0.39 is 0 Å². The number of ether oxygens (including phenoxy) is 1. The van der Waals surface area contributed by atoms with Crippen molar-refractivity contribution in [1.29, 1.82) is 0 Å². The molecule has 1 aromatic heterocycles. The predicted octanol–water partition coefficient (Wildman–Crippen LogP) is 2.74. The molecule has 1 heterocycles. The fourth-order valence-corrected chi connectivity index (χ4v) is 2.02. The Morgan fingerprint density at radius 3 is 2.65 bits per heavy atom. The van der Waals surface area contributed by atoms with Crippen LogP contribution in [-0.2, 0) is 6.54 Å². The molecule has 106 valence electrons. The number of amides is 1. The van der Waals surface area contributed by atoms with E-state index in [9.17, 15) is 4.79 Å². The van der Waals surface area contributed by atoms with Crippen molar-refractivity contribution in [1.82, 2.24) is 4.57 Å². The van der Waals surface area contributed by atoms with Crippen LogP contribution >= 0.6 is 0 Å². The minimum atomic E-state index is -0.166. The van der Waals surface area contributed by atoms with Gasteiger partial charge in [0.1, 0.15) is 11.4 Å². The smallest absolute Gasteiger partial charge is 0.272 e. The van der Waals surface area contributed by atoms with Crippen LogP contribution in [0.2, 0.25) is 0 Å². The summed E-state index contributed by atoms with van der Waals surface area (Å²) in [6.45, 7) is 2.82. The van der Waals surface area contributed by atoms with Crippen LogP contribution in [0.15, 0.2) is 36.5 Å². The second kappa shape index (κ2) is 6.14. The third-order valence-corrected chi connectivity index (χ3v) is 2.96. The second-order valence-electron chi connectivity index (χ2n) is 4.53. The fraction of sp³-hybridized carbons (Fsp3) is 0.267. The summed E-state index contributed by atoms with van der Waals surface area (Å²) in [6, 6.07) is 8.89. The van der Waals surface area contributed by atoms with E-state index in [-0.39, 0.29) is 5.91 Å². The molecule has 20 heavy (non-hydrogen) atoms. The van der Waals surface area contributed by atoms with Crippen molar-refractivity contribution in [2.24, 2.45) is 0 Å². The van der Waals surface area contributed by atoms with Crippen LogP contribution in [0.25, 0.3) is 0 Å². The van der Waals surface area contributed by atoms with Crippen LogP contribution in [0.3, 0.4) is 0 Å². The number of methoxy groups -OCH3 is 1. The van der Waals surface area contributed by atoms with E-state index in [0.29, 0.717) is 11.4 Å². The number of carbonyl (C=O) groups excluding carboxylic acids is 1. The van der Waals surface area contributed by atoms with E-state index in [0.717, 1.165) is 24.4 Å². The minimum absolute atomic E-state index is 0.166. The molecule has 0 aliphatic heterocycles. The van der Waals surface area contributed by atoms with Gasteiger partial charge in [-0.3, -0.25) is 4.79 Å². The van der Waals surface area contributed by atoms with Crippen molar-refractivity contribution >= 4 is 17.3 Å². The van der Waals surface area contributed by atoms with Crippen LogP contribution in [0.4, 0.5) is 11.4 Å². The zero-order valence-electron chi connectivity index (χ0n) is 11.7. The maximum atomic E-state index is 12.3. The summed E-state index contributed by atoms with van der Waals surface area (Å²) in [6.07, 6.45) is 2.73. The molecule has 0 aliphatic carbocycles. The summed E-state index contributed by atoms with van der Waals surface area (Å²) in [5, 5.41) is 2.85. The predicted molar refractivity (Wildman–Crippen MR) is 80.1 cm³/mol. The molecule has 2 aromatic rings. The molecule has 1 amide bonds. The monoisotopic (exact) mass is 273 g/mol. The van der Waals surface area contributed by atoms with Gasteiger partial charge in [0.25, 0.3) is 5.91 Å². The number of aromatic nitrogens is 1. The van der Waals surface area contributed by atoms with E-state index in [4.69, 9.17) is 10.5 Å². The summed E-state index contributed by atoms with van der Waals surface area (Å²) in [5.41, 5.74) is 7.65. The molecule has 0 atom stereocenters. The number of carbonyl (C=O) groups is 1. The molecule has 0 bridgehead atoms. The SMILES string of the molecule is CCCn1cc(N)cc1C(=O)Nc1ccc(OC)cc1. The number of anilines is 2. The van der Waals surface area contributed by atoms with Gasteiger partial charge in [-0.15, -0.1) is 0 Å². The molecule has 5 nitrogen and oxygen atoms in total. The Bertz CT molecular complexity index is 588. The zero-order chi connectivity index (χ0) is 14.5. The van der Waals surface area contributed by atoms with Crippen LogP contribution in [-0.4, -0.2) is 17.6 Å². The lowest BCUT2D eigenvalue weighted by molar-refractivity contribution is 0.101. The normalized spacial score (nSPS) is 10.3. The van der Waals surface area contributed by atoms with Crippen molar-refractivity contribution in [2.45, 2.75) is 19.9 Å². The van der Waals surface area contributed by atoms with Crippen molar-refractivity contribution in [3.63, 3.8) is 0 Å². The largest absolute Gasteiger partial charge is 0.497 e. The Morgan fingerprint density at radius 2 is 2.05 bits per heavy atom. The fourth-order valence-electron chi connectivity index (χ4n) is 2.02. The third kappa shape index (κ3) is 3.12. The maximum Gasteiger partial charge on any atom is 0.272 e. The summed E-state index contributed by atoms with van der Waals surface area (Å²) in [5.74, 6) is 0.585. The van der Waals surface area contributed by atoms with E-state index in [1.807, 2.05) is 4.57 Å². The zero-order valence-corrected chi connectivity index (χ0v) is 11.7. The maximum absolute atomic E-state index is 12.3. The van der Waals surface area contributed by atoms with Crippen molar-refractivity contribution in [3.05, 3.63) is 42.2 Å². The minimum Gasteiger partial charge on any atom is -0.497 e. The lowest BCUT2D eigenvalue weighted by Gasteiger charge is -2.09. The molecule has 0 unspecified atom stereocenters. The molecule has 0 spiro atoms. The van der Waals surface area contributed by atoms with E-state index in [1.54, 1.807) is 43.6 Å². The van der Waals surface area contributed by atoms with Gasteiger partial charge in [0.15, 0.2) is 0 Å². The number of hydrogen-bond donors (Lipinski definition) is 2. The topological polar surface area (TPSA) is 69.3 Å². The Morgan fingerprint density at radius 1 is 1.35 bits per heavy atom. The number of benzene rings is 1. The van der Waals surface area contributed by atoms with Gasteiger partial charge in [-0.05, 0) is 36.8 Å². The lowest BCUT2D eigenvalue weighted by atomic mass is 10.3. The molecule has 0 saturated carbocycles. The summed E-state index contributed by atoms with van der Waals surface area (Å²) in [7, 11) is 1.61. The molecule has 2 rings (SSSR count). The lowest BCUT2D eigenvalue weighted by Crippen LogP contribution is -2.16. The summed E-state index contributed by atoms with van der Waals surface area (Å²) in [4.78, 5) is 12.3. The number of aryl methyl sites for hydroxylation is 1. The molecular weight excluding hydrogens is 254 g/mol. The van der Waals surface area contributed by atoms with Gasteiger partial charge in [-0.1, -0.05) is 6.92 Å². The first-order chi connectivity index (χ1) is 9.63. The number of rotatable bonds is 5. The number of nitrogens with one attached hydrogen (secondary N) is 1. The number of nitrogens with two attached hydrogens (primary N) is 1. The Labute approximate surface area is 118 Å². The quantitative estimate of drug-likeness (QED) is 0.880. The van der Waals surface area contributed by atoms with Gasteiger partial charge in [-0.2, -0.15) is 0 Å². The van der Waals surface area contributed by atoms with Gasteiger partial charge < -0.3 is 20.4 Å². The highest BCUT2D eigenvalue weighted by Gasteiger charge is 2.12. The van der Waals surface area contributed by atoms with Gasteiger partial charge in [0.05, 0.1) is 12.8 Å². The first-order valence-electron chi connectivity index (χ1n) is 6.55. The molecule has 3 N–H and O–H groups in total. The second-order valence-corrected chi connectivity index (χ2v) is 4.53. The first-order valence-corrected chi connectivity index (χ1v) is 6.55. The standard InChI is InChI=1S/C15H19N3O2/c1-3-8-18-10-11(16)9-14(18)15(19)17-12-4-6-13(20-2)7-5-12/h4-7,9-10H,3,8,16H2,1-2H3,(H,17,19). The highest BCUT2D eigenvalue weighted by atomic mass is 16.5. The summed E-state index contributed by atoms with van der Waals surface area (Å²) >= 11 is 0. The first kappa shape index (κ1) is 14.0. The molecule has 0 saturated heterocycles. The highest BCUT2D eigenvalue weighted by molar-refractivity contribution is 6.03. The van der Waals surface area contributed by atoms with Gasteiger partial charge in [0.2, 0.25) is 0 Å². The number of nitrogen functional groups attached to an aromatic ring is 1. The molecule has 0 radical (unpaired) electrons. The van der Waals surface area contributed by atoms with Crippen LogP contribution < -0.4 is 15.8 Å². The van der Waals surface area contributed by atoms with E-state index >= 15 is 0 Å². The van der Waals surface area contributed by atoms with Crippen LogP contribution in [0, 0.1) is 0 Å². The van der Waals surface area contributed by atoms with Crippen molar-refractivity contribution < 1.29 is 9.53 Å². The molecule has 0 fully saturated rings. The third-order valence-electron chi connectivity index (χ3n) is 2.96. The summed E-state index contributed by atoms with van der Waals surface area (Å²) < 4.78 is 6.95. The van der Waals surface area contributed by atoms with Gasteiger partial charge >= 0.3 is 0 Å². The van der Waals surface area contributed by atoms with Gasteiger partial charge in [-0.25, -0.2) is 0 Å². The van der Waals surface area contributed by atoms with Crippen molar-refractivity contribution in [2.75, 3.05) is 18.2 Å². The van der Waals surface area contributed by atoms with E-state index in [1.165, 1.54) is 0 Å². The molecular formula is C15H19N3O2. The number of hydrogen-bond acceptors (Lipinski definition) is 3. The van der Waals surface area contributed by atoms with Crippen LogP contribution in [0.5, 0.6) is 5.75 Å². The Hall–Kier alpha value is -2.43. The van der Waals surface area contributed by atoms with E-state index in [2.05, 4.69) is 12.2 Å².